The van der Waals surface area contributed by atoms with Gasteiger partial charge in [0.1, 0.15) is 0 Å². The van der Waals surface area contributed by atoms with Gasteiger partial charge in [-0.2, -0.15) is 4.31 Å². The number of sulfonamides is 1. The first-order valence-corrected chi connectivity index (χ1v) is 8.72. The number of thiazole rings is 1. The first-order valence-electron chi connectivity index (χ1n) is 6.09. The van der Waals surface area contributed by atoms with Gasteiger partial charge in [0.2, 0.25) is 0 Å². The third kappa shape index (κ3) is 3.46. The van der Waals surface area contributed by atoms with Crippen molar-refractivity contribution in [1.82, 2.24) is 9.29 Å². The number of rotatable bonds is 7. The fourth-order valence-corrected chi connectivity index (χ4v) is 5.11. The third-order valence-electron chi connectivity index (χ3n) is 3.29. The highest BCUT2D eigenvalue weighted by Gasteiger charge is 2.38. The molecule has 1 fully saturated rings. The summed E-state index contributed by atoms with van der Waals surface area (Å²) in [6.07, 6.45) is 3.50. The van der Waals surface area contributed by atoms with Crippen LogP contribution in [0.15, 0.2) is 10.4 Å². The quantitative estimate of drug-likeness (QED) is 0.771. The summed E-state index contributed by atoms with van der Waals surface area (Å²) in [7, 11) is -1.97. The lowest BCUT2D eigenvalue weighted by Crippen LogP contribution is -2.41. The second-order valence-electron chi connectivity index (χ2n) is 4.62. The first-order chi connectivity index (χ1) is 8.96. The van der Waals surface area contributed by atoms with Crippen molar-refractivity contribution in [3.05, 3.63) is 10.7 Å². The molecule has 1 unspecified atom stereocenters. The molecule has 5 nitrogen and oxygen atoms in total. The van der Waals surface area contributed by atoms with E-state index in [9.17, 15) is 8.42 Å². The molecule has 1 heterocycles. The summed E-state index contributed by atoms with van der Waals surface area (Å²) in [5, 5.41) is 0. The van der Waals surface area contributed by atoms with Gasteiger partial charge in [-0.15, -0.1) is 0 Å². The number of methoxy groups -OCH3 is 1. The topological polar surface area (TPSA) is 59.5 Å². The lowest BCUT2D eigenvalue weighted by atomic mass is 10.2. The lowest BCUT2D eigenvalue weighted by Gasteiger charge is -2.27. The molecule has 1 aromatic rings. The van der Waals surface area contributed by atoms with E-state index in [1.54, 1.807) is 7.11 Å². The van der Waals surface area contributed by atoms with Crippen LogP contribution < -0.4 is 0 Å². The number of hydrogen-bond acceptors (Lipinski definition) is 5. The van der Waals surface area contributed by atoms with Gasteiger partial charge in [0.25, 0.3) is 10.0 Å². The summed E-state index contributed by atoms with van der Waals surface area (Å²) in [4.78, 5) is 3.81. The molecule has 108 valence electrons. The smallest absolute Gasteiger partial charge is 0.254 e. The summed E-state index contributed by atoms with van der Waals surface area (Å²) >= 11 is 6.72. The molecular formula is C11H17ClN2O3S2. The van der Waals surface area contributed by atoms with E-state index in [1.807, 2.05) is 6.92 Å². The minimum absolute atomic E-state index is 0.0129. The SMILES string of the molecule is COCCN(C(C)C1CC1)S(=O)(=O)c1cnc(Cl)s1. The van der Waals surface area contributed by atoms with Gasteiger partial charge < -0.3 is 4.74 Å². The van der Waals surface area contributed by atoms with Crippen LogP contribution >= 0.6 is 22.9 Å². The van der Waals surface area contributed by atoms with Gasteiger partial charge in [0, 0.05) is 19.7 Å². The maximum absolute atomic E-state index is 12.6. The Labute approximate surface area is 122 Å². The molecule has 1 saturated carbocycles. The Hall–Kier alpha value is -0.210. The minimum Gasteiger partial charge on any atom is -0.383 e. The van der Waals surface area contributed by atoms with Crippen molar-refractivity contribution in [2.45, 2.75) is 30.0 Å². The number of halogens is 1. The Morgan fingerprint density at radius 1 is 1.63 bits per heavy atom. The maximum Gasteiger partial charge on any atom is 0.254 e. The number of aromatic nitrogens is 1. The summed E-state index contributed by atoms with van der Waals surface area (Å²) in [5.41, 5.74) is 0. The standard InChI is InChI=1S/C11H17ClN2O3S2/c1-8(9-3-4-9)14(5-6-17-2)19(15,16)10-7-13-11(12)18-10/h7-9H,3-6H2,1-2H3. The fourth-order valence-electron chi connectivity index (χ4n) is 2.01. The van der Waals surface area contributed by atoms with Crippen molar-refractivity contribution < 1.29 is 13.2 Å². The average molecular weight is 325 g/mol. The Kier molecular flexibility index (Phi) is 4.84. The molecule has 0 bridgehead atoms. The molecule has 0 N–H and O–H groups in total. The number of ether oxygens (including phenoxy) is 1. The second kappa shape index (κ2) is 6.05. The highest BCUT2D eigenvalue weighted by Crippen LogP contribution is 2.37. The fraction of sp³-hybridized carbons (Fsp3) is 0.727. The van der Waals surface area contributed by atoms with Gasteiger partial charge >= 0.3 is 0 Å². The third-order valence-corrected chi connectivity index (χ3v) is 6.83. The van der Waals surface area contributed by atoms with Crippen molar-refractivity contribution in [3.8, 4) is 0 Å². The molecule has 0 radical (unpaired) electrons. The van der Waals surface area contributed by atoms with Gasteiger partial charge in [0.05, 0.1) is 12.8 Å². The normalized spacial score (nSPS) is 17.9. The van der Waals surface area contributed by atoms with Crippen LogP contribution in [0.25, 0.3) is 0 Å². The van der Waals surface area contributed by atoms with E-state index in [1.165, 1.54) is 10.5 Å². The van der Waals surface area contributed by atoms with E-state index in [-0.39, 0.29) is 14.7 Å². The van der Waals surface area contributed by atoms with Gasteiger partial charge in [-0.05, 0) is 25.7 Å². The predicted molar refractivity (Wildman–Crippen MR) is 75.1 cm³/mol. The zero-order valence-electron chi connectivity index (χ0n) is 10.9. The summed E-state index contributed by atoms with van der Waals surface area (Å²) in [6, 6.07) is -0.0129. The zero-order valence-corrected chi connectivity index (χ0v) is 13.3. The molecule has 8 heteroatoms. The van der Waals surface area contributed by atoms with Gasteiger partial charge in [-0.1, -0.05) is 22.9 Å². The largest absolute Gasteiger partial charge is 0.383 e. The molecular weight excluding hydrogens is 308 g/mol. The van der Waals surface area contributed by atoms with E-state index in [4.69, 9.17) is 16.3 Å². The molecule has 0 aliphatic heterocycles. The zero-order chi connectivity index (χ0) is 14.0. The number of nitrogens with zero attached hydrogens (tertiary/aromatic N) is 2. The van der Waals surface area contributed by atoms with Gasteiger partial charge in [-0.25, -0.2) is 13.4 Å². The van der Waals surface area contributed by atoms with Gasteiger partial charge in [0.15, 0.2) is 8.68 Å². The highest BCUT2D eigenvalue weighted by molar-refractivity contribution is 7.91. The van der Waals surface area contributed by atoms with Crippen LogP contribution in [0, 0.1) is 5.92 Å². The minimum atomic E-state index is -3.53. The Morgan fingerprint density at radius 3 is 2.79 bits per heavy atom. The molecule has 0 aromatic carbocycles. The summed E-state index contributed by atoms with van der Waals surface area (Å²) in [6.45, 7) is 2.68. The van der Waals surface area contributed by atoms with Crippen LogP contribution in [0.4, 0.5) is 0 Å². The van der Waals surface area contributed by atoms with E-state index in [0.29, 0.717) is 19.1 Å². The van der Waals surface area contributed by atoms with Crippen LogP contribution in [0.1, 0.15) is 19.8 Å². The monoisotopic (exact) mass is 324 g/mol. The van der Waals surface area contributed by atoms with E-state index >= 15 is 0 Å². The molecule has 2 rings (SSSR count). The molecule has 1 aromatic heterocycles. The molecule has 0 spiro atoms. The summed E-state index contributed by atoms with van der Waals surface area (Å²) in [5.74, 6) is 0.454. The van der Waals surface area contributed by atoms with E-state index in [2.05, 4.69) is 4.98 Å². The van der Waals surface area contributed by atoms with Crippen molar-refractivity contribution in [2.24, 2.45) is 5.92 Å². The van der Waals surface area contributed by atoms with Gasteiger partial charge in [-0.3, -0.25) is 0 Å². The van der Waals surface area contributed by atoms with Crippen molar-refractivity contribution in [1.29, 1.82) is 0 Å². The molecule has 19 heavy (non-hydrogen) atoms. The maximum atomic E-state index is 12.6. The van der Waals surface area contributed by atoms with Crippen LogP contribution in [-0.2, 0) is 14.8 Å². The van der Waals surface area contributed by atoms with Crippen LogP contribution in [0.3, 0.4) is 0 Å². The Balaban J connectivity index is 2.25. The molecule has 0 saturated heterocycles. The van der Waals surface area contributed by atoms with Crippen LogP contribution in [-0.4, -0.2) is 44.0 Å². The number of hydrogen-bond donors (Lipinski definition) is 0. The highest BCUT2D eigenvalue weighted by atomic mass is 35.5. The molecule has 1 aliphatic carbocycles. The predicted octanol–water partition coefficient (Wildman–Crippen LogP) is 2.23. The van der Waals surface area contributed by atoms with Crippen LogP contribution in [0.5, 0.6) is 0 Å². The second-order valence-corrected chi connectivity index (χ2v) is 8.35. The van der Waals surface area contributed by atoms with Crippen molar-refractivity contribution in [3.63, 3.8) is 0 Å². The Morgan fingerprint density at radius 2 is 2.32 bits per heavy atom. The molecule has 1 aliphatic rings. The molecule has 0 amide bonds. The van der Waals surface area contributed by atoms with Crippen molar-refractivity contribution >= 4 is 33.0 Å². The van der Waals surface area contributed by atoms with E-state index in [0.717, 1.165) is 24.2 Å². The Bertz CT molecular complexity index is 528. The van der Waals surface area contributed by atoms with E-state index < -0.39 is 10.0 Å². The first kappa shape index (κ1) is 15.2. The molecule has 1 atom stereocenters. The lowest BCUT2D eigenvalue weighted by molar-refractivity contribution is 0.164. The summed E-state index contributed by atoms with van der Waals surface area (Å²) < 4.78 is 32.2. The van der Waals surface area contributed by atoms with Crippen molar-refractivity contribution in [2.75, 3.05) is 20.3 Å². The average Bonchev–Trinajstić information content (AvgIpc) is 3.11. The van der Waals surface area contributed by atoms with Crippen LogP contribution in [0.2, 0.25) is 4.47 Å².